The van der Waals surface area contributed by atoms with Crippen LogP contribution < -0.4 is 0 Å². The van der Waals surface area contributed by atoms with E-state index in [1.807, 2.05) is 0 Å². The molecule has 1 aliphatic rings. The molecule has 3 nitrogen and oxygen atoms in total. The van der Waals surface area contributed by atoms with E-state index in [0.29, 0.717) is 11.8 Å². The molecular weight excluding hydrogens is 597 g/mol. The van der Waals surface area contributed by atoms with E-state index in [1.165, 1.54) is 55.6 Å². The fourth-order valence-electron chi connectivity index (χ4n) is 8.39. The van der Waals surface area contributed by atoms with Crippen LogP contribution in [-0.4, -0.2) is 9.55 Å². The Morgan fingerprint density at radius 2 is 1.31 bits per heavy atom. The normalized spacial score (nSPS) is 13.6. The summed E-state index contributed by atoms with van der Waals surface area (Å²) in [6, 6.07) is 43.9. The Labute approximate surface area is 287 Å². The van der Waals surface area contributed by atoms with E-state index >= 15 is 0 Å². The Bertz CT molecular complexity index is 2550. The molecule has 1 aliphatic carbocycles. The van der Waals surface area contributed by atoms with Crippen molar-refractivity contribution in [2.45, 2.75) is 58.8 Å². The number of imidazole rings is 1. The van der Waals surface area contributed by atoms with Crippen molar-refractivity contribution in [3.8, 4) is 39.3 Å². The molecule has 0 radical (unpaired) electrons. The first-order chi connectivity index (χ1) is 23.7. The van der Waals surface area contributed by atoms with Crippen molar-refractivity contribution < 1.29 is 4.42 Å². The Balaban J connectivity index is 1.36. The third-order valence-corrected chi connectivity index (χ3v) is 10.7. The fraction of sp³-hybridized carbons (Fsp3) is 0.196. The number of hydrogen-bond acceptors (Lipinski definition) is 2. The van der Waals surface area contributed by atoms with Crippen molar-refractivity contribution in [3.63, 3.8) is 0 Å². The average molecular weight is 637 g/mol. The Kier molecular flexibility index (Phi) is 6.55. The number of rotatable bonds is 5. The molecule has 3 heteroatoms. The largest absolute Gasteiger partial charge is 0.455 e. The van der Waals surface area contributed by atoms with Crippen molar-refractivity contribution in [1.82, 2.24) is 9.55 Å². The summed E-state index contributed by atoms with van der Waals surface area (Å²) in [5.41, 5.74) is 16.4. The summed E-state index contributed by atoms with van der Waals surface area (Å²) in [5, 5.41) is 2.34. The molecule has 0 aliphatic heterocycles. The number of nitrogens with zero attached hydrogens (tertiary/aromatic N) is 2. The molecule has 0 fully saturated rings. The third-order valence-electron chi connectivity index (χ3n) is 10.7. The summed E-state index contributed by atoms with van der Waals surface area (Å²) in [7, 11) is 0. The lowest BCUT2D eigenvalue weighted by Gasteiger charge is -2.24. The summed E-state index contributed by atoms with van der Waals surface area (Å²) in [6.45, 7) is 13.9. The van der Waals surface area contributed by atoms with Gasteiger partial charge in [-0.25, -0.2) is 4.98 Å². The van der Waals surface area contributed by atoms with E-state index in [-0.39, 0.29) is 5.41 Å². The predicted molar refractivity (Wildman–Crippen MR) is 205 cm³/mol. The highest BCUT2D eigenvalue weighted by molar-refractivity contribution is 6.14. The molecule has 0 unspecified atom stereocenters. The molecule has 240 valence electrons. The molecule has 9 rings (SSSR count). The highest BCUT2D eigenvalue weighted by Gasteiger charge is 2.38. The van der Waals surface area contributed by atoms with Crippen LogP contribution in [0.4, 0.5) is 0 Å². The second kappa shape index (κ2) is 10.8. The minimum absolute atomic E-state index is 0.149. The van der Waals surface area contributed by atoms with Crippen molar-refractivity contribution in [2.24, 2.45) is 0 Å². The van der Waals surface area contributed by atoms with Gasteiger partial charge in [0.2, 0.25) is 0 Å². The van der Waals surface area contributed by atoms with Gasteiger partial charge >= 0.3 is 0 Å². The standard InChI is InChI=1S/C46H40N2O/c1-27(2)35-25-30(29-15-8-7-9-16-29)26-36(28(3)4)43(35)48-39-22-13-12-21-38(39)47-45(48)34-19-14-18-33-41-40(49-44(33)34)24-23-32-31-17-10-11-20-37(31)46(5,6)42(32)41/h7-28H,1-6H3. The van der Waals surface area contributed by atoms with Crippen molar-refractivity contribution in [3.05, 3.63) is 144 Å². The molecule has 0 bridgehead atoms. The monoisotopic (exact) mass is 636 g/mol. The van der Waals surface area contributed by atoms with Gasteiger partial charge in [0.15, 0.2) is 0 Å². The maximum atomic E-state index is 6.92. The van der Waals surface area contributed by atoms with Crippen molar-refractivity contribution in [1.29, 1.82) is 0 Å². The maximum Gasteiger partial charge on any atom is 0.149 e. The molecule has 0 amide bonds. The number of benzene rings is 6. The van der Waals surface area contributed by atoms with E-state index in [1.54, 1.807) is 0 Å². The molecule has 2 heterocycles. The first-order valence-corrected chi connectivity index (χ1v) is 17.5. The van der Waals surface area contributed by atoms with Crippen molar-refractivity contribution in [2.75, 3.05) is 0 Å². The number of para-hydroxylation sites is 3. The van der Waals surface area contributed by atoms with Crippen LogP contribution >= 0.6 is 0 Å². The summed E-state index contributed by atoms with van der Waals surface area (Å²) >= 11 is 0. The van der Waals surface area contributed by atoms with Crippen LogP contribution in [0.2, 0.25) is 0 Å². The van der Waals surface area contributed by atoms with Crippen molar-refractivity contribution >= 4 is 33.0 Å². The van der Waals surface area contributed by atoms with Gasteiger partial charge in [0, 0.05) is 16.2 Å². The summed E-state index contributed by atoms with van der Waals surface area (Å²) in [6.07, 6.45) is 0. The van der Waals surface area contributed by atoms with E-state index in [9.17, 15) is 0 Å². The SMILES string of the molecule is CC(C)c1cc(-c2ccccc2)cc(C(C)C)c1-n1c(-c2cccc3c2oc2ccc4c(c23)C(C)(C)c2ccccc2-4)nc2ccccc21. The zero-order valence-corrected chi connectivity index (χ0v) is 29.0. The molecule has 2 aromatic heterocycles. The lowest BCUT2D eigenvalue weighted by Crippen LogP contribution is -2.15. The minimum atomic E-state index is -0.149. The lowest BCUT2D eigenvalue weighted by atomic mass is 9.80. The topological polar surface area (TPSA) is 31.0 Å². The third kappa shape index (κ3) is 4.31. The predicted octanol–water partition coefficient (Wildman–Crippen LogP) is 12.8. The molecule has 8 aromatic rings. The van der Waals surface area contributed by atoms with Gasteiger partial charge < -0.3 is 4.42 Å². The molecule has 6 aromatic carbocycles. The number of fused-ring (bicyclic) bond motifs is 8. The van der Waals surface area contributed by atoms with Crippen LogP contribution in [0.25, 0.3) is 72.3 Å². The second-order valence-electron chi connectivity index (χ2n) is 14.8. The van der Waals surface area contributed by atoms with Gasteiger partial charge in [0.1, 0.15) is 17.0 Å². The highest BCUT2D eigenvalue weighted by Crippen LogP contribution is 2.53. The van der Waals surface area contributed by atoms with Crippen LogP contribution in [0.15, 0.2) is 126 Å². The highest BCUT2D eigenvalue weighted by atomic mass is 16.3. The van der Waals surface area contributed by atoms with Gasteiger partial charge in [-0.1, -0.05) is 126 Å². The van der Waals surface area contributed by atoms with Gasteiger partial charge in [0.05, 0.1) is 22.3 Å². The van der Waals surface area contributed by atoms with Crippen LogP contribution in [0.3, 0.4) is 0 Å². The maximum absolute atomic E-state index is 6.92. The van der Waals surface area contributed by atoms with Crippen LogP contribution in [0.5, 0.6) is 0 Å². The van der Waals surface area contributed by atoms with Gasteiger partial charge in [0.25, 0.3) is 0 Å². The number of furan rings is 1. The first kappa shape index (κ1) is 29.7. The quantitative estimate of drug-likeness (QED) is 0.188. The molecule has 49 heavy (non-hydrogen) atoms. The summed E-state index contributed by atoms with van der Waals surface area (Å²) < 4.78 is 9.34. The van der Waals surface area contributed by atoms with Gasteiger partial charge in [-0.3, -0.25) is 4.57 Å². The zero-order chi connectivity index (χ0) is 33.6. The number of hydrogen-bond donors (Lipinski definition) is 0. The Morgan fingerprint density at radius 1 is 0.633 bits per heavy atom. The summed E-state index contributed by atoms with van der Waals surface area (Å²) in [5.74, 6) is 1.48. The molecule has 0 spiro atoms. The molecule has 0 atom stereocenters. The summed E-state index contributed by atoms with van der Waals surface area (Å²) in [4.78, 5) is 5.40. The first-order valence-electron chi connectivity index (χ1n) is 17.5. The van der Waals surface area contributed by atoms with Crippen LogP contribution in [0.1, 0.15) is 75.6 Å². The molecule has 0 saturated heterocycles. The Morgan fingerprint density at radius 3 is 2.06 bits per heavy atom. The van der Waals surface area contributed by atoms with Gasteiger partial charge in [-0.2, -0.15) is 0 Å². The fourth-order valence-corrected chi connectivity index (χ4v) is 8.39. The van der Waals surface area contributed by atoms with Gasteiger partial charge in [-0.15, -0.1) is 0 Å². The van der Waals surface area contributed by atoms with Crippen LogP contribution in [0, 0.1) is 0 Å². The van der Waals surface area contributed by atoms with E-state index in [2.05, 4.69) is 167 Å². The molecule has 0 N–H and O–H groups in total. The number of aromatic nitrogens is 2. The van der Waals surface area contributed by atoms with E-state index in [0.717, 1.165) is 39.0 Å². The zero-order valence-electron chi connectivity index (χ0n) is 29.0. The van der Waals surface area contributed by atoms with Gasteiger partial charge in [-0.05, 0) is 92.7 Å². The minimum Gasteiger partial charge on any atom is -0.455 e. The average Bonchev–Trinajstić information content (AvgIpc) is 3.76. The molecule has 0 saturated carbocycles. The Hall–Kier alpha value is -5.41. The second-order valence-corrected chi connectivity index (χ2v) is 14.8. The van der Waals surface area contributed by atoms with E-state index in [4.69, 9.17) is 9.40 Å². The van der Waals surface area contributed by atoms with E-state index < -0.39 is 0 Å². The van der Waals surface area contributed by atoms with Crippen LogP contribution in [-0.2, 0) is 5.41 Å². The lowest BCUT2D eigenvalue weighted by molar-refractivity contribution is 0.657. The molecular formula is C46H40N2O. The smallest absolute Gasteiger partial charge is 0.149 e.